The molecule has 1 heterocycles. The lowest BCUT2D eigenvalue weighted by Gasteiger charge is -2.18. The van der Waals surface area contributed by atoms with Crippen LogP contribution in [0.4, 0.5) is 29.3 Å². The van der Waals surface area contributed by atoms with Crippen molar-refractivity contribution in [2.75, 3.05) is 30.7 Å². The third-order valence-electron chi connectivity index (χ3n) is 5.64. The van der Waals surface area contributed by atoms with Gasteiger partial charge in [-0.1, -0.05) is 12.1 Å². The quantitative estimate of drug-likeness (QED) is 0.377. The molecule has 0 spiro atoms. The Morgan fingerprint density at radius 3 is 2.57 bits per heavy atom. The van der Waals surface area contributed by atoms with Gasteiger partial charge in [0.15, 0.2) is 0 Å². The molecule has 188 valence electrons. The third kappa shape index (κ3) is 7.09. The second-order valence-corrected chi connectivity index (χ2v) is 8.41. The third-order valence-corrected chi connectivity index (χ3v) is 5.64. The summed E-state index contributed by atoms with van der Waals surface area (Å²) in [7, 11) is 0. The summed E-state index contributed by atoms with van der Waals surface area (Å²) in [5, 5.41) is 7.72. The molecule has 0 saturated carbocycles. The molecule has 0 aliphatic carbocycles. The lowest BCUT2D eigenvalue weighted by Crippen LogP contribution is -2.43. The number of carbonyl (C=O) groups is 3. The van der Waals surface area contributed by atoms with Gasteiger partial charge in [-0.15, -0.1) is 0 Å². The second kappa shape index (κ2) is 10.6. The average molecular weight is 493 g/mol. The van der Waals surface area contributed by atoms with Crippen molar-refractivity contribution in [2.45, 2.75) is 32.1 Å². The molecule has 1 aliphatic heterocycles. The molecule has 9 nitrogen and oxygen atoms in total. The van der Waals surface area contributed by atoms with E-state index < -0.39 is 36.1 Å². The van der Waals surface area contributed by atoms with E-state index >= 15 is 0 Å². The van der Waals surface area contributed by atoms with Crippen molar-refractivity contribution in [3.05, 3.63) is 58.7 Å². The standard InChI is InChI=1S/C23H27F3N6O3/c1-13-2-3-14(8-19(13)31-22(28)35)11-32-7-6-16(12-32)30-20(33)10-29-21(34)17-9-15(23(24,25)26)4-5-18(17)27/h2-5,8-9,16H,6-7,10-12,27H2,1H3,(H,29,34)(H,30,33)(H3,28,31,35)/t16-/m1/s1. The Hall–Kier alpha value is -3.80. The number of benzene rings is 2. The van der Waals surface area contributed by atoms with Gasteiger partial charge in [0.1, 0.15) is 0 Å². The van der Waals surface area contributed by atoms with Gasteiger partial charge in [0.05, 0.1) is 17.7 Å². The first kappa shape index (κ1) is 25.8. The van der Waals surface area contributed by atoms with Gasteiger partial charge in [0.25, 0.3) is 5.91 Å². The highest BCUT2D eigenvalue weighted by Crippen LogP contribution is 2.31. The molecule has 2 aromatic carbocycles. The van der Waals surface area contributed by atoms with Gasteiger partial charge >= 0.3 is 12.2 Å². The van der Waals surface area contributed by atoms with Crippen LogP contribution in [0.15, 0.2) is 36.4 Å². The van der Waals surface area contributed by atoms with Crippen molar-refractivity contribution in [3.8, 4) is 0 Å². The minimum Gasteiger partial charge on any atom is -0.398 e. The largest absolute Gasteiger partial charge is 0.416 e. The van der Waals surface area contributed by atoms with Gasteiger partial charge in [-0.25, -0.2) is 4.79 Å². The van der Waals surface area contributed by atoms with Gasteiger partial charge < -0.3 is 27.4 Å². The Morgan fingerprint density at radius 2 is 1.89 bits per heavy atom. The zero-order valence-electron chi connectivity index (χ0n) is 19.0. The zero-order valence-corrected chi connectivity index (χ0v) is 19.0. The van der Waals surface area contributed by atoms with E-state index in [0.717, 1.165) is 29.8 Å². The molecule has 0 radical (unpaired) electrons. The number of hydrogen-bond acceptors (Lipinski definition) is 5. The number of carbonyl (C=O) groups excluding carboxylic acids is 3. The summed E-state index contributed by atoms with van der Waals surface area (Å²) in [6, 6.07) is 7.35. The average Bonchev–Trinajstić information content (AvgIpc) is 3.20. The van der Waals surface area contributed by atoms with Crippen LogP contribution >= 0.6 is 0 Å². The van der Waals surface area contributed by atoms with Crippen LogP contribution in [0.2, 0.25) is 0 Å². The van der Waals surface area contributed by atoms with Gasteiger partial charge in [0, 0.05) is 37.1 Å². The molecule has 7 N–H and O–H groups in total. The van der Waals surface area contributed by atoms with Crippen LogP contribution in [0.25, 0.3) is 0 Å². The molecule has 1 aliphatic rings. The van der Waals surface area contributed by atoms with E-state index in [2.05, 4.69) is 20.9 Å². The number of nitrogens with zero attached hydrogens (tertiary/aromatic N) is 1. The molecule has 1 fully saturated rings. The molecule has 0 aromatic heterocycles. The number of likely N-dealkylation sites (tertiary alicyclic amines) is 1. The van der Waals surface area contributed by atoms with Crippen LogP contribution in [0.1, 0.15) is 33.5 Å². The number of anilines is 2. The molecule has 4 amide bonds. The number of urea groups is 1. The highest BCUT2D eigenvalue weighted by atomic mass is 19.4. The molecule has 12 heteroatoms. The maximum atomic E-state index is 12.9. The molecule has 0 bridgehead atoms. The lowest BCUT2D eigenvalue weighted by molar-refractivity contribution is -0.137. The van der Waals surface area contributed by atoms with Crippen molar-refractivity contribution >= 4 is 29.2 Å². The summed E-state index contributed by atoms with van der Waals surface area (Å²) in [5.74, 6) is -1.32. The summed E-state index contributed by atoms with van der Waals surface area (Å²) >= 11 is 0. The minimum absolute atomic E-state index is 0.118. The van der Waals surface area contributed by atoms with E-state index in [1.807, 2.05) is 25.1 Å². The molecule has 3 rings (SSSR count). The highest BCUT2D eigenvalue weighted by molar-refractivity contribution is 6.00. The summed E-state index contributed by atoms with van der Waals surface area (Å²) in [4.78, 5) is 37.9. The molecule has 35 heavy (non-hydrogen) atoms. The molecule has 1 atom stereocenters. The van der Waals surface area contributed by atoms with E-state index in [0.29, 0.717) is 31.3 Å². The Morgan fingerprint density at radius 1 is 1.14 bits per heavy atom. The minimum atomic E-state index is -4.62. The van der Waals surface area contributed by atoms with Crippen LogP contribution in [-0.2, 0) is 17.5 Å². The number of nitrogens with two attached hydrogens (primary N) is 2. The number of aryl methyl sites for hydroxylation is 1. The van der Waals surface area contributed by atoms with Crippen molar-refractivity contribution in [1.82, 2.24) is 15.5 Å². The van der Waals surface area contributed by atoms with E-state index in [4.69, 9.17) is 11.5 Å². The fourth-order valence-corrected chi connectivity index (χ4v) is 3.85. The first-order valence-corrected chi connectivity index (χ1v) is 10.8. The Bertz CT molecular complexity index is 1120. The van der Waals surface area contributed by atoms with E-state index in [1.54, 1.807) is 0 Å². The Kier molecular flexibility index (Phi) is 7.85. The highest BCUT2D eigenvalue weighted by Gasteiger charge is 2.31. The van der Waals surface area contributed by atoms with Crippen molar-refractivity contribution in [1.29, 1.82) is 0 Å². The lowest BCUT2D eigenvalue weighted by atomic mass is 10.1. The van der Waals surface area contributed by atoms with Crippen LogP contribution in [0.5, 0.6) is 0 Å². The van der Waals surface area contributed by atoms with Crippen molar-refractivity contribution in [2.24, 2.45) is 5.73 Å². The van der Waals surface area contributed by atoms with Gasteiger partial charge in [-0.2, -0.15) is 13.2 Å². The van der Waals surface area contributed by atoms with E-state index in [1.165, 1.54) is 0 Å². The SMILES string of the molecule is Cc1ccc(CN2CC[C@@H](NC(=O)CNC(=O)c3cc(C(F)(F)F)ccc3N)C2)cc1NC(N)=O. The normalized spacial score (nSPS) is 16.1. The number of nitrogens with one attached hydrogen (secondary N) is 3. The molecule has 0 unspecified atom stereocenters. The van der Waals surface area contributed by atoms with Crippen LogP contribution in [0, 0.1) is 6.92 Å². The van der Waals surface area contributed by atoms with Crippen molar-refractivity contribution < 1.29 is 27.6 Å². The topological polar surface area (TPSA) is 143 Å². The summed E-state index contributed by atoms with van der Waals surface area (Å²) in [5.41, 5.74) is 11.9. The van der Waals surface area contributed by atoms with E-state index in [9.17, 15) is 27.6 Å². The van der Waals surface area contributed by atoms with Crippen LogP contribution in [0.3, 0.4) is 0 Å². The predicted octanol–water partition coefficient (Wildman–Crippen LogP) is 2.21. The molecular weight excluding hydrogens is 465 g/mol. The number of alkyl halides is 3. The molecule has 1 saturated heterocycles. The summed E-state index contributed by atoms with van der Waals surface area (Å²) in [6.07, 6.45) is -3.93. The zero-order chi connectivity index (χ0) is 25.8. The summed E-state index contributed by atoms with van der Waals surface area (Å²) in [6.45, 7) is 3.37. The van der Waals surface area contributed by atoms with Crippen molar-refractivity contribution in [3.63, 3.8) is 0 Å². The van der Waals surface area contributed by atoms with Gasteiger partial charge in [-0.3, -0.25) is 14.5 Å². The Balaban J connectivity index is 1.49. The monoisotopic (exact) mass is 492 g/mol. The first-order valence-electron chi connectivity index (χ1n) is 10.8. The fourth-order valence-electron chi connectivity index (χ4n) is 3.85. The number of halogens is 3. The number of amides is 4. The Labute approximate surface area is 200 Å². The number of rotatable bonds is 7. The maximum Gasteiger partial charge on any atom is 0.416 e. The van der Waals surface area contributed by atoms with Crippen LogP contribution in [-0.4, -0.2) is 48.4 Å². The van der Waals surface area contributed by atoms with Gasteiger partial charge in [-0.05, 0) is 48.7 Å². The van der Waals surface area contributed by atoms with Gasteiger partial charge in [0.2, 0.25) is 5.91 Å². The number of nitrogen functional groups attached to an aromatic ring is 1. The predicted molar refractivity (Wildman–Crippen MR) is 124 cm³/mol. The second-order valence-electron chi connectivity index (χ2n) is 8.41. The van der Waals surface area contributed by atoms with E-state index in [-0.39, 0.29) is 17.3 Å². The molecular formula is C23H27F3N6O3. The fraction of sp³-hybridized carbons (Fsp3) is 0.348. The van der Waals surface area contributed by atoms with Crippen LogP contribution < -0.4 is 27.4 Å². The maximum absolute atomic E-state index is 12.9. The summed E-state index contributed by atoms with van der Waals surface area (Å²) < 4.78 is 38.7. The number of primary amides is 1. The molecule has 2 aromatic rings. The number of hydrogen-bond donors (Lipinski definition) is 5. The first-order chi connectivity index (χ1) is 16.4. The smallest absolute Gasteiger partial charge is 0.398 e.